The zero-order chi connectivity index (χ0) is 20.7. The Labute approximate surface area is 161 Å². The molecule has 0 unspecified atom stereocenters. The zero-order valence-electron chi connectivity index (χ0n) is 15.6. The molecule has 28 heavy (non-hydrogen) atoms. The summed E-state index contributed by atoms with van der Waals surface area (Å²) in [6.07, 6.45) is 0.223. The van der Waals surface area contributed by atoms with E-state index in [1.165, 1.54) is 6.07 Å². The summed E-state index contributed by atoms with van der Waals surface area (Å²) in [5.74, 6) is -3.27. The number of nitrogens with zero attached hydrogens (tertiary/aromatic N) is 1. The third-order valence-corrected chi connectivity index (χ3v) is 4.97. The fourth-order valence-electron chi connectivity index (χ4n) is 3.47. The van der Waals surface area contributed by atoms with Gasteiger partial charge in [0, 0.05) is 29.7 Å². The lowest BCUT2D eigenvalue weighted by molar-refractivity contribution is -0.490. The lowest BCUT2D eigenvalue weighted by atomic mass is 9.88. The van der Waals surface area contributed by atoms with Crippen molar-refractivity contribution in [3.05, 3.63) is 45.8 Å². The van der Waals surface area contributed by atoms with Crippen molar-refractivity contribution in [1.82, 2.24) is 5.32 Å². The van der Waals surface area contributed by atoms with E-state index in [4.69, 9.17) is 4.74 Å². The first kappa shape index (κ1) is 21.5. The first-order chi connectivity index (χ1) is 13.3. The summed E-state index contributed by atoms with van der Waals surface area (Å²) in [5, 5.41) is 13.3. The van der Waals surface area contributed by atoms with E-state index < -0.39 is 35.2 Å². The SMILES string of the molecule is C[C@@H]1CC(=O)[C@@H](CC(=O)OCC(=O)NCCc2ccccc2F)[C@@H]1C[N+](=O)[O-]. The number of hydrogen-bond donors (Lipinski definition) is 1. The molecule has 1 aromatic rings. The minimum atomic E-state index is -0.753. The molecule has 0 aromatic heterocycles. The fourth-order valence-corrected chi connectivity index (χ4v) is 3.47. The maximum Gasteiger partial charge on any atom is 0.307 e. The van der Waals surface area contributed by atoms with Gasteiger partial charge in [-0.3, -0.25) is 24.5 Å². The molecule has 0 radical (unpaired) electrons. The van der Waals surface area contributed by atoms with Crippen molar-refractivity contribution in [2.24, 2.45) is 17.8 Å². The summed E-state index contributed by atoms with van der Waals surface area (Å²) < 4.78 is 18.4. The molecule has 1 saturated carbocycles. The molecule has 1 aliphatic rings. The molecule has 1 fully saturated rings. The second kappa shape index (κ2) is 9.91. The van der Waals surface area contributed by atoms with Crippen LogP contribution in [0.4, 0.5) is 4.39 Å². The van der Waals surface area contributed by atoms with Gasteiger partial charge in [0.25, 0.3) is 5.91 Å². The highest BCUT2D eigenvalue weighted by atomic mass is 19.1. The lowest BCUT2D eigenvalue weighted by Gasteiger charge is -2.17. The van der Waals surface area contributed by atoms with Gasteiger partial charge in [0.05, 0.1) is 6.42 Å². The smallest absolute Gasteiger partial charge is 0.307 e. The van der Waals surface area contributed by atoms with E-state index >= 15 is 0 Å². The Hall–Kier alpha value is -2.84. The topological polar surface area (TPSA) is 116 Å². The maximum atomic E-state index is 13.5. The molecule has 3 atom stereocenters. The number of amides is 1. The molecule has 9 heteroatoms. The van der Waals surface area contributed by atoms with Gasteiger partial charge in [-0.15, -0.1) is 0 Å². The monoisotopic (exact) mass is 394 g/mol. The van der Waals surface area contributed by atoms with Crippen LogP contribution in [0.3, 0.4) is 0 Å². The molecule has 1 amide bonds. The van der Waals surface area contributed by atoms with Crippen LogP contribution in [0.2, 0.25) is 0 Å². The summed E-state index contributed by atoms with van der Waals surface area (Å²) in [7, 11) is 0. The third-order valence-electron chi connectivity index (χ3n) is 4.97. The van der Waals surface area contributed by atoms with Gasteiger partial charge >= 0.3 is 5.97 Å². The zero-order valence-corrected chi connectivity index (χ0v) is 15.6. The van der Waals surface area contributed by atoms with Crippen LogP contribution >= 0.6 is 0 Å². The van der Waals surface area contributed by atoms with E-state index in [2.05, 4.69) is 5.32 Å². The van der Waals surface area contributed by atoms with Gasteiger partial charge < -0.3 is 10.1 Å². The number of nitro groups is 1. The van der Waals surface area contributed by atoms with Crippen molar-refractivity contribution in [3.63, 3.8) is 0 Å². The van der Waals surface area contributed by atoms with Crippen LogP contribution in [-0.2, 0) is 25.5 Å². The van der Waals surface area contributed by atoms with Crippen LogP contribution in [0.15, 0.2) is 24.3 Å². The number of halogens is 1. The van der Waals surface area contributed by atoms with Crippen LogP contribution in [0.25, 0.3) is 0 Å². The summed E-state index contributed by atoms with van der Waals surface area (Å²) in [6, 6.07) is 6.21. The predicted molar refractivity (Wildman–Crippen MR) is 96.3 cm³/mol. The summed E-state index contributed by atoms with van der Waals surface area (Å²) in [6.45, 7) is 1.04. The molecular weight excluding hydrogens is 371 g/mol. The van der Waals surface area contributed by atoms with Gasteiger partial charge in [0.2, 0.25) is 6.54 Å². The van der Waals surface area contributed by atoms with Gasteiger partial charge in [-0.1, -0.05) is 25.1 Å². The highest BCUT2D eigenvalue weighted by Gasteiger charge is 2.44. The Kier molecular flexibility index (Phi) is 7.60. The van der Waals surface area contributed by atoms with Crippen LogP contribution < -0.4 is 5.32 Å². The second-order valence-corrected chi connectivity index (χ2v) is 6.99. The summed E-state index contributed by atoms with van der Waals surface area (Å²) in [4.78, 5) is 46.0. The highest BCUT2D eigenvalue weighted by molar-refractivity contribution is 5.88. The predicted octanol–water partition coefficient (Wildman–Crippen LogP) is 1.54. The van der Waals surface area contributed by atoms with Crippen molar-refractivity contribution in [2.45, 2.75) is 26.2 Å². The van der Waals surface area contributed by atoms with E-state index in [1.807, 2.05) is 0 Å². The number of ketones is 1. The first-order valence-corrected chi connectivity index (χ1v) is 9.08. The molecule has 152 valence electrons. The number of hydrogen-bond acceptors (Lipinski definition) is 6. The van der Waals surface area contributed by atoms with Gasteiger partial charge in [-0.2, -0.15) is 0 Å². The Balaban J connectivity index is 1.73. The molecule has 0 spiro atoms. The van der Waals surface area contributed by atoms with Crippen molar-refractivity contribution < 1.29 is 28.4 Å². The Morgan fingerprint density at radius 3 is 2.75 bits per heavy atom. The van der Waals surface area contributed by atoms with Crippen molar-refractivity contribution in [3.8, 4) is 0 Å². The average Bonchev–Trinajstić information content (AvgIpc) is 2.88. The summed E-state index contributed by atoms with van der Waals surface area (Å²) >= 11 is 0. The molecule has 0 aliphatic heterocycles. The minimum absolute atomic E-state index is 0.169. The van der Waals surface area contributed by atoms with E-state index in [0.717, 1.165) is 0 Å². The largest absolute Gasteiger partial charge is 0.456 e. The Bertz CT molecular complexity index is 754. The highest BCUT2D eigenvalue weighted by Crippen LogP contribution is 2.36. The van der Waals surface area contributed by atoms with Crippen molar-refractivity contribution >= 4 is 17.7 Å². The Morgan fingerprint density at radius 1 is 1.36 bits per heavy atom. The third kappa shape index (κ3) is 6.11. The van der Waals surface area contributed by atoms with Crippen LogP contribution in [0.1, 0.15) is 25.3 Å². The average molecular weight is 394 g/mol. The number of benzene rings is 1. The lowest BCUT2D eigenvalue weighted by Crippen LogP contribution is -2.32. The number of carbonyl (C=O) groups is 3. The molecule has 1 aromatic carbocycles. The van der Waals surface area contributed by atoms with E-state index in [1.54, 1.807) is 25.1 Å². The number of esters is 1. The molecular formula is C19H23FN2O6. The Morgan fingerprint density at radius 2 is 2.07 bits per heavy atom. The number of Topliss-reactive ketones (excluding diaryl/α,β-unsaturated/α-hetero) is 1. The fraction of sp³-hybridized carbons (Fsp3) is 0.526. The van der Waals surface area contributed by atoms with Gasteiger partial charge in [0.15, 0.2) is 6.61 Å². The van der Waals surface area contributed by atoms with Gasteiger partial charge in [-0.25, -0.2) is 4.39 Å². The molecule has 1 aliphatic carbocycles. The van der Waals surface area contributed by atoms with Crippen LogP contribution in [0.5, 0.6) is 0 Å². The molecule has 0 saturated heterocycles. The number of nitrogens with one attached hydrogen (secondary N) is 1. The number of ether oxygens (including phenoxy) is 1. The number of rotatable bonds is 9. The van der Waals surface area contributed by atoms with E-state index in [9.17, 15) is 28.9 Å². The minimum Gasteiger partial charge on any atom is -0.456 e. The van der Waals surface area contributed by atoms with Crippen molar-refractivity contribution in [2.75, 3.05) is 19.7 Å². The molecule has 0 bridgehead atoms. The molecule has 1 N–H and O–H groups in total. The maximum absolute atomic E-state index is 13.5. The standard InChI is InChI=1S/C19H23FN2O6/c1-12-8-17(23)14(15(12)10-22(26)27)9-19(25)28-11-18(24)21-7-6-13-4-2-3-5-16(13)20/h2-5,12,14-15H,6-11H2,1H3,(H,21,24)/t12-,14+,15-/m1/s1. The molecule has 0 heterocycles. The normalized spacial score (nSPS) is 21.4. The summed E-state index contributed by atoms with van der Waals surface area (Å²) in [5.41, 5.74) is 0.463. The van der Waals surface area contributed by atoms with Crippen molar-refractivity contribution in [1.29, 1.82) is 0 Å². The number of carbonyl (C=O) groups excluding carboxylic acids is 3. The van der Waals surface area contributed by atoms with E-state index in [-0.39, 0.29) is 43.4 Å². The van der Waals surface area contributed by atoms with Crippen LogP contribution in [0, 0.1) is 33.7 Å². The van der Waals surface area contributed by atoms with E-state index in [0.29, 0.717) is 12.0 Å². The second-order valence-electron chi connectivity index (χ2n) is 6.99. The molecule has 8 nitrogen and oxygen atoms in total. The van der Waals surface area contributed by atoms with Gasteiger partial charge in [-0.05, 0) is 24.0 Å². The molecule has 2 rings (SSSR count). The first-order valence-electron chi connectivity index (χ1n) is 9.08. The van der Waals surface area contributed by atoms with Crippen LogP contribution in [-0.4, -0.2) is 42.3 Å². The van der Waals surface area contributed by atoms with Gasteiger partial charge in [0.1, 0.15) is 11.6 Å². The quantitative estimate of drug-likeness (QED) is 0.386.